The van der Waals surface area contributed by atoms with E-state index in [-0.39, 0.29) is 17.0 Å². The Hall–Kier alpha value is -3.09. The number of carbonyl (C=O) groups excluding carboxylic acids is 1. The van der Waals surface area contributed by atoms with Crippen molar-refractivity contribution in [2.24, 2.45) is 0 Å². The number of thiophene rings is 1. The van der Waals surface area contributed by atoms with Crippen LogP contribution in [0, 0.1) is 0 Å². The van der Waals surface area contributed by atoms with Crippen molar-refractivity contribution in [3.05, 3.63) is 81.8 Å². The lowest BCUT2D eigenvalue weighted by molar-refractivity contribution is -0.132. The van der Waals surface area contributed by atoms with Gasteiger partial charge in [0.25, 0.3) is 5.91 Å². The molecule has 0 bridgehead atoms. The van der Waals surface area contributed by atoms with Gasteiger partial charge in [0.15, 0.2) is 0 Å². The van der Waals surface area contributed by atoms with Crippen molar-refractivity contribution < 1.29 is 19.8 Å². The fourth-order valence-electron chi connectivity index (χ4n) is 2.37. The van der Waals surface area contributed by atoms with E-state index in [0.29, 0.717) is 9.90 Å². The Bertz CT molecular complexity index is 1040. The Balaban J connectivity index is 1.85. The summed E-state index contributed by atoms with van der Waals surface area (Å²) < 4.78 is 0. The number of nitrogens with one attached hydrogen (secondary N) is 1. The highest BCUT2D eigenvalue weighted by atomic mass is 35.5. The van der Waals surface area contributed by atoms with Crippen LogP contribution in [0.4, 0.5) is 0 Å². The van der Waals surface area contributed by atoms with E-state index in [2.05, 4.69) is 5.32 Å². The number of phenols is 1. The van der Waals surface area contributed by atoms with Crippen molar-refractivity contribution >= 4 is 40.9 Å². The van der Waals surface area contributed by atoms with Gasteiger partial charge < -0.3 is 15.5 Å². The maximum atomic E-state index is 12.2. The van der Waals surface area contributed by atoms with Crippen LogP contribution in [-0.4, -0.2) is 22.1 Å². The number of amides is 1. The summed E-state index contributed by atoms with van der Waals surface area (Å²) in [5.41, 5.74) is 0.741. The molecule has 2 aromatic carbocycles. The number of hydrogen-bond donors (Lipinski definition) is 3. The van der Waals surface area contributed by atoms with E-state index in [4.69, 9.17) is 11.6 Å². The second-order valence-corrected chi connectivity index (χ2v) is 7.07. The largest absolute Gasteiger partial charge is 0.508 e. The molecule has 0 saturated heterocycles. The second kappa shape index (κ2) is 8.07. The van der Waals surface area contributed by atoms with Crippen LogP contribution in [0.1, 0.15) is 15.2 Å². The van der Waals surface area contributed by atoms with Crippen molar-refractivity contribution in [2.45, 2.75) is 0 Å². The summed E-state index contributed by atoms with van der Waals surface area (Å²) in [6, 6.07) is 16.6. The Kier molecular flexibility index (Phi) is 5.59. The molecule has 0 aliphatic heterocycles. The number of halogens is 1. The van der Waals surface area contributed by atoms with Gasteiger partial charge in [-0.05, 0) is 42.5 Å². The summed E-state index contributed by atoms with van der Waals surface area (Å²) in [6.07, 6.45) is 1.38. The minimum atomic E-state index is -1.27. The molecule has 136 valence electrons. The standard InChI is InChI=1S/C20H14ClNO4S/c21-16-7-2-1-6-15(16)18-9-8-14(27-18)11-17(20(25)26)22-19(24)12-4-3-5-13(23)10-12/h1-11,23H,(H,22,24)(H,25,26). The van der Waals surface area contributed by atoms with E-state index < -0.39 is 11.9 Å². The molecule has 0 aliphatic rings. The average Bonchev–Trinajstić information content (AvgIpc) is 3.09. The van der Waals surface area contributed by atoms with Crippen LogP contribution in [0.15, 0.2) is 66.4 Å². The lowest BCUT2D eigenvalue weighted by atomic mass is 10.2. The Morgan fingerprint density at radius 3 is 2.52 bits per heavy atom. The van der Waals surface area contributed by atoms with Gasteiger partial charge >= 0.3 is 5.97 Å². The first-order valence-electron chi connectivity index (χ1n) is 7.84. The molecular weight excluding hydrogens is 386 g/mol. The maximum absolute atomic E-state index is 12.2. The summed E-state index contributed by atoms with van der Waals surface area (Å²) in [4.78, 5) is 25.3. The lowest BCUT2D eigenvalue weighted by Gasteiger charge is -2.06. The molecule has 3 N–H and O–H groups in total. The molecule has 1 aromatic heterocycles. The van der Waals surface area contributed by atoms with E-state index in [0.717, 1.165) is 10.4 Å². The second-order valence-electron chi connectivity index (χ2n) is 5.55. The van der Waals surface area contributed by atoms with E-state index in [9.17, 15) is 19.8 Å². The maximum Gasteiger partial charge on any atom is 0.352 e. The van der Waals surface area contributed by atoms with Gasteiger partial charge in [0.05, 0.1) is 0 Å². The molecule has 1 heterocycles. The molecule has 0 fully saturated rings. The van der Waals surface area contributed by atoms with Gasteiger partial charge in [-0.15, -0.1) is 11.3 Å². The Morgan fingerprint density at radius 2 is 1.81 bits per heavy atom. The molecule has 27 heavy (non-hydrogen) atoms. The van der Waals surface area contributed by atoms with Crippen LogP contribution in [0.3, 0.4) is 0 Å². The van der Waals surface area contributed by atoms with Gasteiger partial charge in [-0.25, -0.2) is 4.79 Å². The van der Waals surface area contributed by atoms with E-state index >= 15 is 0 Å². The smallest absolute Gasteiger partial charge is 0.352 e. The van der Waals surface area contributed by atoms with Gasteiger partial charge in [0.1, 0.15) is 11.4 Å². The highest BCUT2D eigenvalue weighted by molar-refractivity contribution is 7.16. The Morgan fingerprint density at radius 1 is 1.04 bits per heavy atom. The van der Waals surface area contributed by atoms with Crippen LogP contribution in [0.5, 0.6) is 5.75 Å². The number of aliphatic carboxylic acids is 1. The van der Waals surface area contributed by atoms with Gasteiger partial charge in [0.2, 0.25) is 0 Å². The Labute approximate surface area is 164 Å². The third-order valence-corrected chi connectivity index (χ3v) is 5.03. The summed E-state index contributed by atoms with van der Waals surface area (Å²) in [6.45, 7) is 0. The van der Waals surface area contributed by atoms with Crippen LogP contribution in [-0.2, 0) is 4.79 Å². The molecule has 7 heteroatoms. The number of carbonyl (C=O) groups is 2. The van der Waals surface area contributed by atoms with Crippen LogP contribution in [0.25, 0.3) is 16.5 Å². The summed E-state index contributed by atoms with van der Waals surface area (Å²) >= 11 is 7.55. The molecule has 0 saturated carbocycles. The van der Waals surface area contributed by atoms with Crippen LogP contribution >= 0.6 is 22.9 Å². The number of rotatable bonds is 5. The topological polar surface area (TPSA) is 86.6 Å². The fourth-order valence-corrected chi connectivity index (χ4v) is 3.66. The molecule has 0 atom stereocenters. The van der Waals surface area contributed by atoms with Gasteiger partial charge in [0, 0.05) is 25.9 Å². The van der Waals surface area contributed by atoms with Crippen LogP contribution in [0.2, 0.25) is 5.02 Å². The number of aromatic hydroxyl groups is 1. The molecule has 0 aliphatic carbocycles. The highest BCUT2D eigenvalue weighted by Crippen LogP contribution is 2.33. The summed E-state index contributed by atoms with van der Waals surface area (Å²) in [5.74, 6) is -1.97. The molecule has 0 spiro atoms. The molecule has 1 amide bonds. The quantitative estimate of drug-likeness (QED) is 0.546. The molecule has 0 radical (unpaired) electrons. The fraction of sp³-hybridized carbons (Fsp3) is 0. The van der Waals surface area contributed by atoms with E-state index in [1.165, 1.54) is 41.7 Å². The zero-order valence-corrected chi connectivity index (χ0v) is 15.4. The van der Waals surface area contributed by atoms with Crippen LogP contribution < -0.4 is 5.32 Å². The number of hydrogen-bond acceptors (Lipinski definition) is 4. The van der Waals surface area contributed by atoms with E-state index in [1.54, 1.807) is 12.1 Å². The van der Waals surface area contributed by atoms with Crippen molar-refractivity contribution in [1.29, 1.82) is 0 Å². The highest BCUT2D eigenvalue weighted by Gasteiger charge is 2.15. The number of carboxylic acids is 1. The molecule has 5 nitrogen and oxygen atoms in total. The zero-order chi connectivity index (χ0) is 19.4. The van der Waals surface area contributed by atoms with Gasteiger partial charge in [-0.2, -0.15) is 0 Å². The molecule has 3 aromatic rings. The van der Waals surface area contributed by atoms with Crippen molar-refractivity contribution in [3.8, 4) is 16.2 Å². The summed E-state index contributed by atoms with van der Waals surface area (Å²) in [5, 5.41) is 21.8. The first-order chi connectivity index (χ1) is 12.9. The van der Waals surface area contributed by atoms with Gasteiger partial charge in [-0.1, -0.05) is 35.9 Å². The summed E-state index contributed by atoms with van der Waals surface area (Å²) in [7, 11) is 0. The zero-order valence-electron chi connectivity index (χ0n) is 13.8. The third-order valence-electron chi connectivity index (χ3n) is 3.64. The molecule has 0 unspecified atom stereocenters. The van der Waals surface area contributed by atoms with Crippen molar-refractivity contribution in [1.82, 2.24) is 5.32 Å². The minimum absolute atomic E-state index is 0.0776. The monoisotopic (exact) mass is 399 g/mol. The SMILES string of the molecule is O=C(O)C(=Cc1ccc(-c2ccccc2Cl)s1)NC(=O)c1cccc(O)c1. The molecule has 3 rings (SSSR count). The first kappa shape index (κ1) is 18.7. The van der Waals surface area contributed by atoms with Crippen molar-refractivity contribution in [3.63, 3.8) is 0 Å². The predicted molar refractivity (Wildman–Crippen MR) is 106 cm³/mol. The average molecular weight is 400 g/mol. The normalized spacial score (nSPS) is 11.2. The van der Waals surface area contributed by atoms with Gasteiger partial charge in [-0.3, -0.25) is 4.79 Å². The number of benzene rings is 2. The predicted octanol–water partition coefficient (Wildman–Crippen LogP) is 4.63. The minimum Gasteiger partial charge on any atom is -0.508 e. The molecular formula is C20H14ClNO4S. The third kappa shape index (κ3) is 4.55. The number of carboxylic acid groups (broad SMARTS) is 1. The first-order valence-corrected chi connectivity index (χ1v) is 9.03. The van der Waals surface area contributed by atoms with E-state index in [1.807, 2.05) is 24.3 Å². The number of phenolic OH excluding ortho intramolecular Hbond substituents is 1. The van der Waals surface area contributed by atoms with Crippen molar-refractivity contribution in [2.75, 3.05) is 0 Å². The lowest BCUT2D eigenvalue weighted by Crippen LogP contribution is -2.27.